The Kier molecular flexibility index (Phi) is 18.1. The van der Waals surface area contributed by atoms with Gasteiger partial charge in [0.05, 0.1) is 27.8 Å². The normalized spacial score (nSPS) is 42.4. The number of ether oxygens (including phenoxy) is 2. The van der Waals surface area contributed by atoms with Crippen molar-refractivity contribution in [3.05, 3.63) is 46.6 Å². The van der Waals surface area contributed by atoms with Crippen LogP contribution in [0, 0.1) is 97.6 Å². The first-order valence-corrected chi connectivity index (χ1v) is 26.5. The molecule has 2 spiro atoms. The standard InChI is InChI=1S/C29H42O3.C28H40O4.CH2O3.2K.H/c1-16-13-20-23-21(27(23,5)6)14-18(3)29(25(20)30)15-17(2)24(22(29)19(16)4)32-26(31)28(7)11-9-8-10-12-28;1-15-12-18-20-19(26(20,4)5)13-17(3)28(24(18)30)14-16(2)23(21(28)22(15)29)32-25(31)27(6)10-8-7-9-11-27;2-1-4-3;;;/h13,15,18-24H,8-12,14H2,1-7H3;12,14,17-23,29H,7-11,13H2,1-6H3;1,3H;;;/q;;;2*+1;-1/p-1/t18-,19-,20+,21-,22-,23+,24+,29-;17-,18+,19-,20+,21-,22-,23+,28-;;;;/m11..../s1. The molecule has 6 saturated carbocycles. The van der Waals surface area contributed by atoms with Crippen molar-refractivity contribution in [3.8, 4) is 0 Å². The van der Waals surface area contributed by atoms with Crippen LogP contribution in [-0.2, 0) is 38.3 Å². The number of Topliss-reactive ketones (excluding diaryl/α,β-unsaturated/α-hetero) is 2. The van der Waals surface area contributed by atoms with E-state index in [4.69, 9.17) is 19.5 Å². The summed E-state index contributed by atoms with van der Waals surface area (Å²) >= 11 is 0. The second-order valence-corrected chi connectivity index (χ2v) is 25.8. The smallest absolute Gasteiger partial charge is 1.00 e. The number of hydrogen-bond acceptors (Lipinski definition) is 10. The van der Waals surface area contributed by atoms with Crippen LogP contribution >= 0.6 is 0 Å². The summed E-state index contributed by atoms with van der Waals surface area (Å²) < 4.78 is 12.7. The summed E-state index contributed by atoms with van der Waals surface area (Å²) in [5, 5.41) is 20.0. The van der Waals surface area contributed by atoms with Gasteiger partial charge in [-0.1, -0.05) is 117 Å². The molecule has 0 amide bonds. The van der Waals surface area contributed by atoms with Crippen molar-refractivity contribution >= 4 is 30.0 Å². The van der Waals surface area contributed by atoms with E-state index in [1.807, 2.05) is 20.8 Å². The first-order valence-electron chi connectivity index (χ1n) is 26.5. The van der Waals surface area contributed by atoms with Crippen molar-refractivity contribution in [2.24, 2.45) is 97.6 Å². The number of carbonyl (C=O) groups is 5. The van der Waals surface area contributed by atoms with Crippen molar-refractivity contribution in [2.75, 3.05) is 0 Å². The molecular formula is C58H84K2O10. The number of ketones is 2. The largest absolute Gasteiger partial charge is 1.00 e. The van der Waals surface area contributed by atoms with Gasteiger partial charge in [-0.15, -0.1) is 0 Å². The molecular weight excluding hydrogens is 935 g/mol. The van der Waals surface area contributed by atoms with Crippen molar-refractivity contribution in [1.82, 2.24) is 0 Å². The molecule has 0 unspecified atom stereocenters. The minimum Gasteiger partial charge on any atom is -1.00 e. The number of carbonyl (C=O) groups excluding carboxylic acids is 5. The van der Waals surface area contributed by atoms with Gasteiger partial charge in [0.25, 0.3) is 6.47 Å². The first-order chi connectivity index (χ1) is 31.8. The SMILES string of the molecule is CC1=C[C@@H]2C(=O)[C@]3(C=C(C)[C@H](OC(=O)C4(C)CCCCC4)[C@H]3[C@@H]1C)[C@H](C)C[C@@H]1[C@H]2C1(C)C.CC1=C[C@@H]2C(=O)[C@]3(C=C(C)[C@H](OC(=O)C4(C)CCCCC4)[C@H]3[C@@H]1O)[C@H](C)C[C@@H]1[C@H]2C1(C)C.O=CO[O-].[H-].[K+].[K+]. The molecule has 70 heavy (non-hydrogen) atoms. The molecule has 4 bridgehead atoms. The molecule has 10 aliphatic rings. The van der Waals surface area contributed by atoms with E-state index in [0.29, 0.717) is 29.5 Å². The molecule has 0 aliphatic heterocycles. The predicted octanol–water partition coefficient (Wildman–Crippen LogP) is 4.33. The van der Waals surface area contributed by atoms with Crippen molar-refractivity contribution in [3.63, 3.8) is 0 Å². The molecule has 12 heteroatoms. The molecule has 0 aromatic carbocycles. The van der Waals surface area contributed by atoms with Gasteiger partial charge < -0.3 is 26.2 Å². The molecule has 378 valence electrons. The third-order valence-corrected chi connectivity index (χ3v) is 21.3. The summed E-state index contributed by atoms with van der Waals surface area (Å²) in [6.07, 6.45) is 19.5. The number of fused-ring (bicyclic) bond motifs is 6. The van der Waals surface area contributed by atoms with Gasteiger partial charge in [-0.05, 0) is 149 Å². The summed E-state index contributed by atoms with van der Waals surface area (Å²) in [5.41, 5.74) is 2.50. The number of hydrogen-bond donors (Lipinski definition) is 1. The maximum absolute atomic E-state index is 14.4. The number of esters is 2. The van der Waals surface area contributed by atoms with Crippen LogP contribution in [-0.4, -0.2) is 53.4 Å². The van der Waals surface area contributed by atoms with Gasteiger partial charge in [-0.3, -0.25) is 24.0 Å². The Morgan fingerprint density at radius 1 is 0.614 bits per heavy atom. The van der Waals surface area contributed by atoms with Crippen molar-refractivity contribution in [2.45, 2.75) is 185 Å². The minimum absolute atomic E-state index is 0. The number of allylic oxidation sites excluding steroid dienone is 5. The van der Waals surface area contributed by atoms with Gasteiger partial charge in [0, 0.05) is 23.7 Å². The van der Waals surface area contributed by atoms with Gasteiger partial charge in [-0.25, -0.2) is 0 Å². The maximum Gasteiger partial charge on any atom is 1.00 e. The van der Waals surface area contributed by atoms with Crippen LogP contribution in [0.15, 0.2) is 46.6 Å². The average molecular weight is 1020 g/mol. The molecule has 6 fully saturated rings. The molecule has 16 atom stereocenters. The Labute approximate surface area is 506 Å². The first kappa shape index (κ1) is 59.2. The molecule has 0 aromatic heterocycles. The third kappa shape index (κ3) is 9.50. The molecule has 10 rings (SSSR count). The summed E-state index contributed by atoms with van der Waals surface area (Å²) in [4.78, 5) is 66.8. The fourth-order valence-corrected chi connectivity index (χ4v) is 16.8. The Bertz CT molecular complexity index is 2050. The van der Waals surface area contributed by atoms with E-state index in [9.17, 15) is 24.3 Å². The fraction of sp³-hybridized carbons (Fsp3) is 0.776. The second kappa shape index (κ2) is 21.4. The Balaban J connectivity index is 0.000000236. The summed E-state index contributed by atoms with van der Waals surface area (Å²) in [5.74, 6) is 2.41. The summed E-state index contributed by atoms with van der Waals surface area (Å²) in [6.45, 7) is 28.2. The zero-order valence-electron chi connectivity index (χ0n) is 46.6. The van der Waals surface area contributed by atoms with Crippen LogP contribution < -0.4 is 108 Å². The van der Waals surface area contributed by atoms with Gasteiger partial charge in [0.15, 0.2) is 11.6 Å². The Hall–Kier alpha value is -0.0973. The van der Waals surface area contributed by atoms with Gasteiger partial charge in [-0.2, -0.15) is 0 Å². The minimum atomic E-state index is -0.782. The predicted molar refractivity (Wildman–Crippen MR) is 259 cm³/mol. The van der Waals surface area contributed by atoms with Gasteiger partial charge in [0.2, 0.25) is 0 Å². The van der Waals surface area contributed by atoms with Crippen molar-refractivity contribution in [1.29, 1.82) is 0 Å². The van der Waals surface area contributed by atoms with Crippen LogP contribution in [0.25, 0.3) is 0 Å². The molecule has 10 aliphatic carbocycles. The van der Waals surface area contributed by atoms with E-state index >= 15 is 0 Å². The van der Waals surface area contributed by atoms with E-state index in [2.05, 4.69) is 98.4 Å². The number of rotatable bonds is 5. The van der Waals surface area contributed by atoms with Crippen LogP contribution in [0.5, 0.6) is 0 Å². The maximum atomic E-state index is 14.4. The molecule has 0 saturated heterocycles. The monoisotopic (exact) mass is 1020 g/mol. The third-order valence-electron chi connectivity index (χ3n) is 21.3. The van der Waals surface area contributed by atoms with Crippen LogP contribution in [0.4, 0.5) is 0 Å². The second-order valence-electron chi connectivity index (χ2n) is 25.8. The average Bonchev–Trinajstić information content (AvgIpc) is 3.95. The van der Waals surface area contributed by atoms with E-state index in [1.165, 1.54) is 18.4 Å². The van der Waals surface area contributed by atoms with Crippen LogP contribution in [0.3, 0.4) is 0 Å². The number of aliphatic hydroxyl groups is 1. The summed E-state index contributed by atoms with van der Waals surface area (Å²) in [7, 11) is 0. The zero-order valence-corrected chi connectivity index (χ0v) is 51.8. The molecule has 0 aromatic rings. The summed E-state index contributed by atoms with van der Waals surface area (Å²) in [6, 6.07) is 0. The van der Waals surface area contributed by atoms with Gasteiger partial charge >= 0.3 is 115 Å². The van der Waals surface area contributed by atoms with Gasteiger partial charge in [0.1, 0.15) is 12.2 Å². The quantitative estimate of drug-likeness (QED) is 0.105. The van der Waals surface area contributed by atoms with E-state index in [1.54, 1.807) is 0 Å². The molecule has 0 radical (unpaired) electrons. The molecule has 10 nitrogen and oxygen atoms in total. The van der Waals surface area contributed by atoms with Crippen molar-refractivity contribution < 1.29 is 153 Å². The van der Waals surface area contributed by atoms with E-state index in [-0.39, 0.29) is 186 Å². The van der Waals surface area contributed by atoms with E-state index < -0.39 is 34.4 Å². The zero-order chi connectivity index (χ0) is 49.8. The van der Waals surface area contributed by atoms with Crippen LogP contribution in [0.1, 0.15) is 168 Å². The Morgan fingerprint density at radius 3 is 1.36 bits per heavy atom. The van der Waals surface area contributed by atoms with E-state index in [0.717, 1.165) is 80.9 Å². The number of aliphatic hydroxyl groups excluding tert-OH is 1. The molecule has 0 heterocycles. The fourth-order valence-electron chi connectivity index (χ4n) is 16.8. The van der Waals surface area contributed by atoms with Crippen LogP contribution in [0.2, 0.25) is 0 Å². The Morgan fingerprint density at radius 2 is 0.971 bits per heavy atom. The topological polar surface area (TPSA) is 156 Å². The molecule has 1 N–H and O–H groups in total.